The van der Waals surface area contributed by atoms with Crippen LogP contribution in [0.3, 0.4) is 0 Å². The van der Waals surface area contributed by atoms with E-state index in [1.54, 1.807) is 29.9 Å². The van der Waals surface area contributed by atoms with Crippen molar-refractivity contribution in [1.29, 1.82) is 0 Å². The van der Waals surface area contributed by atoms with Crippen LogP contribution in [0.2, 0.25) is 0 Å². The Bertz CT molecular complexity index is 940. The Morgan fingerprint density at radius 3 is 2.64 bits per heavy atom. The van der Waals surface area contributed by atoms with Gasteiger partial charge in [-0.15, -0.1) is 11.3 Å². The van der Waals surface area contributed by atoms with E-state index in [1.807, 2.05) is 43.3 Å². The first-order chi connectivity index (χ1) is 13.5. The number of hydrogen-bond donors (Lipinski definition) is 1. The number of aromatic nitrogens is 2. The molecule has 3 rings (SSSR count). The van der Waals surface area contributed by atoms with Gasteiger partial charge in [-0.3, -0.25) is 14.6 Å². The van der Waals surface area contributed by atoms with Gasteiger partial charge in [0, 0.05) is 48.8 Å². The van der Waals surface area contributed by atoms with Gasteiger partial charge in [0.05, 0.1) is 12.1 Å². The van der Waals surface area contributed by atoms with E-state index in [4.69, 9.17) is 4.74 Å². The molecule has 28 heavy (non-hydrogen) atoms. The Morgan fingerprint density at radius 2 is 1.96 bits per heavy atom. The average Bonchev–Trinajstić information content (AvgIpc) is 3.16. The van der Waals surface area contributed by atoms with Crippen LogP contribution in [0.15, 0.2) is 54.2 Å². The van der Waals surface area contributed by atoms with Gasteiger partial charge in [-0.05, 0) is 36.4 Å². The van der Waals surface area contributed by atoms with Crippen molar-refractivity contribution in [2.75, 3.05) is 30.9 Å². The maximum atomic E-state index is 12.0. The van der Waals surface area contributed by atoms with Crippen molar-refractivity contribution in [3.63, 3.8) is 0 Å². The minimum Gasteiger partial charge on any atom is -0.455 e. The van der Waals surface area contributed by atoms with Crippen molar-refractivity contribution in [1.82, 2.24) is 9.97 Å². The zero-order valence-electron chi connectivity index (χ0n) is 15.6. The number of hydrogen-bond acceptors (Lipinski definition) is 7. The van der Waals surface area contributed by atoms with E-state index in [2.05, 4.69) is 15.3 Å². The fourth-order valence-corrected chi connectivity index (χ4v) is 3.21. The Balaban J connectivity index is 1.46. The first kappa shape index (κ1) is 19.5. The number of ether oxygens (including phenoxy) is 1. The van der Waals surface area contributed by atoms with Crippen LogP contribution in [0.1, 0.15) is 5.69 Å². The Labute approximate surface area is 167 Å². The van der Waals surface area contributed by atoms with Crippen LogP contribution < -0.4 is 10.2 Å². The number of nitrogens with zero attached hydrogens (tertiary/aromatic N) is 3. The maximum absolute atomic E-state index is 12.0. The molecule has 0 saturated heterocycles. The summed E-state index contributed by atoms with van der Waals surface area (Å²) in [6.07, 6.45) is 3.43. The monoisotopic (exact) mass is 396 g/mol. The second-order valence-corrected chi connectivity index (χ2v) is 7.07. The van der Waals surface area contributed by atoms with Crippen LogP contribution in [0, 0.1) is 0 Å². The highest BCUT2D eigenvalue weighted by atomic mass is 32.1. The highest BCUT2D eigenvalue weighted by molar-refractivity contribution is 7.13. The zero-order chi connectivity index (χ0) is 19.9. The van der Waals surface area contributed by atoms with Gasteiger partial charge in [-0.25, -0.2) is 4.98 Å². The number of rotatable bonds is 7. The smallest absolute Gasteiger partial charge is 0.312 e. The summed E-state index contributed by atoms with van der Waals surface area (Å²) in [6.45, 7) is -0.339. The molecule has 0 radical (unpaired) electrons. The maximum Gasteiger partial charge on any atom is 0.312 e. The summed E-state index contributed by atoms with van der Waals surface area (Å²) >= 11 is 1.43. The Kier molecular flexibility index (Phi) is 6.33. The van der Waals surface area contributed by atoms with Gasteiger partial charge in [0.25, 0.3) is 5.91 Å². The lowest BCUT2D eigenvalue weighted by Crippen LogP contribution is -2.21. The molecular formula is C20H20N4O3S. The molecule has 2 aromatic heterocycles. The van der Waals surface area contributed by atoms with Gasteiger partial charge in [0.15, 0.2) is 6.61 Å². The van der Waals surface area contributed by atoms with Crippen molar-refractivity contribution in [2.24, 2.45) is 0 Å². The van der Waals surface area contributed by atoms with E-state index in [-0.39, 0.29) is 18.9 Å². The molecule has 0 saturated carbocycles. The first-order valence-electron chi connectivity index (χ1n) is 8.59. The lowest BCUT2D eigenvalue weighted by molar-refractivity contribution is -0.146. The molecule has 3 aromatic rings. The van der Waals surface area contributed by atoms with E-state index in [1.165, 1.54) is 11.3 Å². The summed E-state index contributed by atoms with van der Waals surface area (Å²) in [5, 5.41) is 5.29. The number of pyridine rings is 1. The molecule has 8 heteroatoms. The summed E-state index contributed by atoms with van der Waals surface area (Å²) in [5.74, 6) is -0.888. The molecule has 0 fully saturated rings. The second-order valence-electron chi connectivity index (χ2n) is 6.21. The van der Waals surface area contributed by atoms with Crippen LogP contribution in [0.25, 0.3) is 10.6 Å². The van der Waals surface area contributed by atoms with E-state index in [0.29, 0.717) is 11.4 Å². The van der Waals surface area contributed by atoms with Gasteiger partial charge in [0.1, 0.15) is 5.01 Å². The average molecular weight is 396 g/mol. The topological polar surface area (TPSA) is 84.4 Å². The molecule has 0 unspecified atom stereocenters. The third-order valence-corrected chi connectivity index (χ3v) is 4.76. The second kappa shape index (κ2) is 9.09. The van der Waals surface area contributed by atoms with E-state index < -0.39 is 5.97 Å². The predicted molar refractivity (Wildman–Crippen MR) is 109 cm³/mol. The third-order valence-electron chi connectivity index (χ3n) is 3.82. The number of carbonyl (C=O) groups is 2. The zero-order valence-corrected chi connectivity index (χ0v) is 16.4. The number of carbonyl (C=O) groups excluding carboxylic acids is 2. The van der Waals surface area contributed by atoms with Crippen molar-refractivity contribution in [3.8, 4) is 10.6 Å². The van der Waals surface area contributed by atoms with Gasteiger partial charge in [-0.2, -0.15) is 0 Å². The number of nitrogens with one attached hydrogen (secondary N) is 1. The van der Waals surface area contributed by atoms with Crippen LogP contribution in [0.5, 0.6) is 0 Å². The molecular weight excluding hydrogens is 376 g/mol. The van der Waals surface area contributed by atoms with Crippen LogP contribution >= 0.6 is 11.3 Å². The lowest BCUT2D eigenvalue weighted by Gasteiger charge is -2.13. The summed E-state index contributed by atoms with van der Waals surface area (Å²) in [7, 11) is 3.88. The third kappa shape index (κ3) is 5.37. The highest BCUT2D eigenvalue weighted by Gasteiger charge is 2.12. The normalized spacial score (nSPS) is 10.4. The molecule has 1 amide bonds. The molecule has 0 bridgehead atoms. The predicted octanol–water partition coefficient (Wildman–Crippen LogP) is 3.00. The number of benzene rings is 1. The molecule has 1 aromatic carbocycles. The van der Waals surface area contributed by atoms with E-state index in [9.17, 15) is 9.59 Å². The first-order valence-corrected chi connectivity index (χ1v) is 9.47. The SMILES string of the molecule is CN(C)c1ccc(NC(=O)COC(=O)Cc2csc(-c3cccnc3)n2)cc1. The highest BCUT2D eigenvalue weighted by Crippen LogP contribution is 2.23. The fourth-order valence-electron chi connectivity index (χ4n) is 2.39. The Hall–Kier alpha value is -3.26. The van der Waals surface area contributed by atoms with Crippen LogP contribution in [-0.4, -0.2) is 42.5 Å². The molecule has 1 N–H and O–H groups in total. The fraction of sp³-hybridized carbons (Fsp3) is 0.200. The summed E-state index contributed by atoms with van der Waals surface area (Å²) in [6, 6.07) is 11.1. The van der Waals surface area contributed by atoms with Gasteiger partial charge >= 0.3 is 5.97 Å². The molecule has 0 aliphatic heterocycles. The van der Waals surface area contributed by atoms with Gasteiger partial charge in [0.2, 0.25) is 0 Å². The van der Waals surface area contributed by atoms with E-state index in [0.717, 1.165) is 16.3 Å². The van der Waals surface area contributed by atoms with Crippen molar-refractivity contribution in [2.45, 2.75) is 6.42 Å². The molecule has 2 heterocycles. The molecule has 144 valence electrons. The summed E-state index contributed by atoms with van der Waals surface area (Å²) in [4.78, 5) is 34.4. The standard InChI is InChI=1S/C20H20N4O3S/c1-24(2)17-7-5-15(6-8-17)22-18(25)12-27-19(26)10-16-13-28-20(23-16)14-4-3-9-21-11-14/h3-9,11,13H,10,12H2,1-2H3,(H,22,25). The number of anilines is 2. The molecule has 0 aliphatic carbocycles. The summed E-state index contributed by atoms with van der Waals surface area (Å²) < 4.78 is 5.05. The van der Waals surface area contributed by atoms with Crippen molar-refractivity contribution >= 4 is 34.6 Å². The molecule has 0 spiro atoms. The molecule has 0 atom stereocenters. The van der Waals surface area contributed by atoms with Crippen molar-refractivity contribution < 1.29 is 14.3 Å². The quantitative estimate of drug-likeness (QED) is 0.618. The number of amides is 1. The van der Waals surface area contributed by atoms with Gasteiger partial charge < -0.3 is 15.0 Å². The number of thiazole rings is 1. The Morgan fingerprint density at radius 1 is 1.18 bits per heavy atom. The molecule has 7 nitrogen and oxygen atoms in total. The summed E-state index contributed by atoms with van der Waals surface area (Å²) in [5.41, 5.74) is 3.17. The number of esters is 1. The van der Waals surface area contributed by atoms with E-state index >= 15 is 0 Å². The van der Waals surface area contributed by atoms with Gasteiger partial charge in [-0.1, -0.05) is 0 Å². The van der Waals surface area contributed by atoms with Crippen molar-refractivity contribution in [3.05, 3.63) is 59.9 Å². The van der Waals surface area contributed by atoms with Crippen LogP contribution in [0.4, 0.5) is 11.4 Å². The lowest BCUT2D eigenvalue weighted by atomic mass is 10.2. The minimum absolute atomic E-state index is 0.0155. The largest absolute Gasteiger partial charge is 0.455 e. The molecule has 0 aliphatic rings. The minimum atomic E-state index is -0.499. The van der Waals surface area contributed by atoms with Crippen LogP contribution in [-0.2, 0) is 20.7 Å².